The molecule has 0 fully saturated rings. The minimum Gasteiger partial charge on any atom is -0.480 e. The number of ether oxygens (including phenoxy) is 1. The number of hydrogen-bond acceptors (Lipinski definition) is 4. The highest BCUT2D eigenvalue weighted by Gasteiger charge is 2.21. The lowest BCUT2D eigenvalue weighted by Crippen LogP contribution is -2.46. The summed E-state index contributed by atoms with van der Waals surface area (Å²) < 4.78 is 5.51. The van der Waals surface area contributed by atoms with Crippen LogP contribution in [0.3, 0.4) is 0 Å². The summed E-state index contributed by atoms with van der Waals surface area (Å²) in [6, 6.07) is 6.73. The van der Waals surface area contributed by atoms with Crippen molar-refractivity contribution in [3.63, 3.8) is 0 Å². The molecule has 102 valence electrons. The van der Waals surface area contributed by atoms with E-state index in [0.717, 1.165) is 0 Å². The van der Waals surface area contributed by atoms with Gasteiger partial charge in [-0.3, -0.25) is 4.79 Å². The molecule has 0 saturated heterocycles. The van der Waals surface area contributed by atoms with Crippen molar-refractivity contribution in [3.8, 4) is 11.8 Å². The number of nitrogens with zero attached hydrogens (tertiary/aromatic N) is 1. The van der Waals surface area contributed by atoms with Crippen molar-refractivity contribution < 1.29 is 9.53 Å². The van der Waals surface area contributed by atoms with Crippen LogP contribution in [0.4, 0.5) is 5.69 Å². The highest BCUT2D eigenvalue weighted by atomic mass is 16.5. The first-order valence-corrected chi connectivity index (χ1v) is 6.01. The second-order valence-corrected chi connectivity index (χ2v) is 5.37. The fraction of sp³-hybridized carbons (Fsp3) is 0.429. The largest absolute Gasteiger partial charge is 0.480 e. The summed E-state index contributed by atoms with van der Waals surface area (Å²) in [7, 11) is 0. The summed E-state index contributed by atoms with van der Waals surface area (Å²) in [5, 5.41) is 11.8. The minimum atomic E-state index is -0.685. The van der Waals surface area contributed by atoms with E-state index in [1.165, 1.54) is 6.07 Å². The molecule has 1 atom stereocenters. The Bertz CT molecular complexity index is 512. The van der Waals surface area contributed by atoms with E-state index in [1.807, 2.05) is 26.8 Å². The smallest absolute Gasteiger partial charge is 0.261 e. The third-order valence-electron chi connectivity index (χ3n) is 2.30. The van der Waals surface area contributed by atoms with Crippen LogP contribution in [0.25, 0.3) is 0 Å². The van der Waals surface area contributed by atoms with Crippen LogP contribution >= 0.6 is 0 Å². The maximum atomic E-state index is 11.9. The maximum absolute atomic E-state index is 11.9. The molecule has 0 bridgehead atoms. The average Bonchev–Trinajstić information content (AvgIpc) is 2.29. The Hall–Kier alpha value is -2.22. The van der Waals surface area contributed by atoms with Gasteiger partial charge in [0, 0.05) is 11.2 Å². The van der Waals surface area contributed by atoms with E-state index in [-0.39, 0.29) is 11.4 Å². The predicted molar refractivity (Wildman–Crippen MR) is 73.6 cm³/mol. The van der Waals surface area contributed by atoms with Crippen LogP contribution in [0, 0.1) is 11.3 Å². The Balaban J connectivity index is 2.80. The number of nitriles is 1. The number of carbonyl (C=O) groups excluding carboxylic acids is 1. The second kappa shape index (κ2) is 5.61. The van der Waals surface area contributed by atoms with Crippen LogP contribution in [-0.2, 0) is 4.79 Å². The molecule has 0 aliphatic carbocycles. The second-order valence-electron chi connectivity index (χ2n) is 5.37. The fourth-order valence-electron chi connectivity index (χ4n) is 1.45. The van der Waals surface area contributed by atoms with E-state index in [9.17, 15) is 4.79 Å². The molecule has 1 aromatic rings. The van der Waals surface area contributed by atoms with Gasteiger partial charge in [-0.2, -0.15) is 5.26 Å². The molecule has 1 unspecified atom stereocenters. The maximum Gasteiger partial charge on any atom is 0.261 e. The van der Waals surface area contributed by atoms with Crippen LogP contribution in [0.5, 0.6) is 5.75 Å². The number of rotatable bonds is 3. The Morgan fingerprint density at radius 3 is 2.63 bits per heavy atom. The quantitative estimate of drug-likeness (QED) is 0.812. The van der Waals surface area contributed by atoms with Crippen LogP contribution < -0.4 is 15.8 Å². The molecule has 0 radical (unpaired) electrons. The van der Waals surface area contributed by atoms with Gasteiger partial charge in [0.25, 0.3) is 5.91 Å². The number of amides is 1. The van der Waals surface area contributed by atoms with Gasteiger partial charge >= 0.3 is 0 Å². The van der Waals surface area contributed by atoms with Crippen LogP contribution in [0.15, 0.2) is 18.2 Å². The van der Waals surface area contributed by atoms with Gasteiger partial charge in [0.2, 0.25) is 0 Å². The van der Waals surface area contributed by atoms with E-state index < -0.39 is 6.10 Å². The average molecular weight is 261 g/mol. The molecule has 0 heterocycles. The molecule has 0 aliphatic rings. The van der Waals surface area contributed by atoms with Gasteiger partial charge in [-0.15, -0.1) is 0 Å². The third kappa shape index (κ3) is 4.51. The number of benzene rings is 1. The highest BCUT2D eigenvalue weighted by molar-refractivity contribution is 5.81. The number of hydrogen-bond donors (Lipinski definition) is 2. The molecular formula is C14H19N3O2. The van der Waals surface area contributed by atoms with Gasteiger partial charge in [0.05, 0.1) is 5.56 Å². The van der Waals surface area contributed by atoms with E-state index >= 15 is 0 Å². The Kier molecular flexibility index (Phi) is 4.38. The molecule has 0 aliphatic heterocycles. The van der Waals surface area contributed by atoms with Gasteiger partial charge in [-0.05, 0) is 45.9 Å². The first kappa shape index (κ1) is 14.8. The zero-order valence-electron chi connectivity index (χ0n) is 11.7. The number of anilines is 1. The van der Waals surface area contributed by atoms with Gasteiger partial charge in [0.15, 0.2) is 6.10 Å². The summed E-state index contributed by atoms with van der Waals surface area (Å²) in [4.78, 5) is 11.9. The molecule has 19 heavy (non-hydrogen) atoms. The third-order valence-corrected chi connectivity index (χ3v) is 2.30. The van der Waals surface area contributed by atoms with Crippen molar-refractivity contribution in [1.82, 2.24) is 5.32 Å². The molecule has 5 heteroatoms. The zero-order valence-corrected chi connectivity index (χ0v) is 11.7. The number of nitrogen functional groups attached to an aromatic ring is 1. The van der Waals surface area contributed by atoms with Crippen molar-refractivity contribution in [2.45, 2.75) is 39.3 Å². The lowest BCUT2D eigenvalue weighted by Gasteiger charge is -2.23. The van der Waals surface area contributed by atoms with Crippen LogP contribution in [0.2, 0.25) is 0 Å². The molecule has 5 nitrogen and oxygen atoms in total. The lowest BCUT2D eigenvalue weighted by molar-refractivity contribution is -0.128. The predicted octanol–water partition coefficient (Wildman–Crippen LogP) is 1.82. The Morgan fingerprint density at radius 2 is 2.11 bits per heavy atom. The van der Waals surface area contributed by atoms with Gasteiger partial charge in [0.1, 0.15) is 11.8 Å². The van der Waals surface area contributed by atoms with Crippen LogP contribution in [0.1, 0.15) is 33.3 Å². The normalized spacial score (nSPS) is 12.4. The zero-order chi connectivity index (χ0) is 14.6. The molecule has 0 spiro atoms. The Morgan fingerprint density at radius 1 is 1.47 bits per heavy atom. The molecule has 0 aromatic heterocycles. The lowest BCUT2D eigenvalue weighted by atomic mass is 10.1. The number of nitrogens with two attached hydrogens (primary N) is 1. The van der Waals surface area contributed by atoms with E-state index in [2.05, 4.69) is 5.32 Å². The van der Waals surface area contributed by atoms with Gasteiger partial charge in [-0.1, -0.05) is 0 Å². The van der Waals surface area contributed by atoms with E-state index in [1.54, 1.807) is 19.1 Å². The van der Waals surface area contributed by atoms with E-state index in [0.29, 0.717) is 17.0 Å². The molecular weight excluding hydrogens is 242 g/mol. The van der Waals surface area contributed by atoms with Crippen LogP contribution in [-0.4, -0.2) is 17.6 Å². The van der Waals surface area contributed by atoms with Crippen molar-refractivity contribution in [1.29, 1.82) is 5.26 Å². The standard InChI is InChI=1S/C14H19N3O2/c1-9(13(18)17-14(2,3)4)19-12-6-5-11(16)7-10(12)8-15/h5-7,9H,16H2,1-4H3,(H,17,18). The summed E-state index contributed by atoms with van der Waals surface area (Å²) in [6.07, 6.45) is -0.685. The molecule has 1 rings (SSSR count). The highest BCUT2D eigenvalue weighted by Crippen LogP contribution is 2.21. The van der Waals surface area contributed by atoms with Crippen molar-refractivity contribution in [3.05, 3.63) is 23.8 Å². The first-order valence-electron chi connectivity index (χ1n) is 6.01. The first-order chi connectivity index (χ1) is 8.73. The van der Waals surface area contributed by atoms with Gasteiger partial charge in [-0.25, -0.2) is 0 Å². The number of carbonyl (C=O) groups is 1. The molecule has 1 aromatic carbocycles. The topological polar surface area (TPSA) is 88.1 Å². The SMILES string of the molecule is CC(Oc1ccc(N)cc1C#N)C(=O)NC(C)(C)C. The molecule has 3 N–H and O–H groups in total. The molecule has 1 amide bonds. The van der Waals surface area contributed by atoms with Crippen molar-refractivity contribution >= 4 is 11.6 Å². The summed E-state index contributed by atoms with van der Waals surface area (Å²) in [5.41, 5.74) is 6.06. The monoisotopic (exact) mass is 261 g/mol. The Labute approximate surface area is 113 Å². The molecule has 0 saturated carbocycles. The number of nitrogens with one attached hydrogen (secondary N) is 1. The summed E-state index contributed by atoms with van der Waals surface area (Å²) >= 11 is 0. The summed E-state index contributed by atoms with van der Waals surface area (Å²) in [5.74, 6) is 0.126. The van der Waals surface area contributed by atoms with Crippen molar-refractivity contribution in [2.24, 2.45) is 0 Å². The van der Waals surface area contributed by atoms with Crippen molar-refractivity contribution in [2.75, 3.05) is 5.73 Å². The van der Waals surface area contributed by atoms with E-state index in [4.69, 9.17) is 15.7 Å². The van der Waals surface area contributed by atoms with Gasteiger partial charge < -0.3 is 15.8 Å². The summed E-state index contributed by atoms with van der Waals surface area (Å²) in [6.45, 7) is 7.31. The minimum absolute atomic E-state index is 0.229. The fourth-order valence-corrected chi connectivity index (χ4v) is 1.45.